The first-order valence-electron chi connectivity index (χ1n) is 12.8. The van der Waals surface area contributed by atoms with E-state index in [2.05, 4.69) is 27.3 Å². The average molecular weight is 546 g/mol. The summed E-state index contributed by atoms with van der Waals surface area (Å²) in [6.07, 6.45) is -1.80. The number of nitrogens with zero attached hydrogens (tertiary/aromatic N) is 2. The van der Waals surface area contributed by atoms with Gasteiger partial charge in [-0.25, -0.2) is 0 Å². The molecular formula is C26H39BN4O8. The van der Waals surface area contributed by atoms with Gasteiger partial charge in [0.25, 0.3) is 5.91 Å². The van der Waals surface area contributed by atoms with Gasteiger partial charge in [-0.05, 0) is 31.5 Å². The lowest BCUT2D eigenvalue weighted by molar-refractivity contribution is -0.127. The highest BCUT2D eigenvalue weighted by molar-refractivity contribution is 6.47. The predicted molar refractivity (Wildman–Crippen MR) is 147 cm³/mol. The van der Waals surface area contributed by atoms with Crippen molar-refractivity contribution in [3.63, 3.8) is 0 Å². The third kappa shape index (κ3) is 9.95. The summed E-state index contributed by atoms with van der Waals surface area (Å²) in [7, 11) is -1.10. The number of aliphatic hydroxyl groups is 4. The molecule has 1 aliphatic heterocycles. The number of benzene rings is 1. The molecule has 13 heteroatoms. The van der Waals surface area contributed by atoms with Crippen molar-refractivity contribution in [3.8, 4) is 0 Å². The third-order valence-corrected chi connectivity index (χ3v) is 6.09. The molecule has 12 nitrogen and oxygen atoms in total. The van der Waals surface area contributed by atoms with Crippen LogP contribution < -0.4 is 10.6 Å². The van der Waals surface area contributed by atoms with Crippen molar-refractivity contribution in [3.05, 3.63) is 48.3 Å². The van der Waals surface area contributed by atoms with E-state index in [0.717, 1.165) is 5.56 Å². The maximum atomic E-state index is 13.6. The zero-order valence-electron chi connectivity index (χ0n) is 22.5. The molecule has 0 spiro atoms. The predicted octanol–water partition coefficient (Wildman–Crippen LogP) is -0.605. The molecule has 1 aliphatic rings. The summed E-state index contributed by atoms with van der Waals surface area (Å²) in [6, 6.07) is 8.18. The number of hydrogen-bond acceptors (Lipinski definition) is 10. The summed E-state index contributed by atoms with van der Waals surface area (Å²) in [5.74, 6) is -1.72. The standard InChI is InChI=1S/C26H39BN4O8/c1-16(2)12-22(27-38-23(20(34)14-32)24(39-27)21(35)15-33)31-26(37)19(13-18-8-6-5-7-9-18)30-25(36)17(3)29-11-10-28-4/h5-11,16,19-24,32-35H,4,12-15H2,1-3H3,(H,30,36)(H,31,37)/b11-10-,29-17?/t19-,20?,21?,22-,23?,24?/m0/s1. The van der Waals surface area contributed by atoms with E-state index >= 15 is 0 Å². The number of nitrogens with one attached hydrogen (secondary N) is 2. The van der Waals surface area contributed by atoms with E-state index in [1.165, 1.54) is 19.3 Å². The minimum Gasteiger partial charge on any atom is -0.401 e. The van der Waals surface area contributed by atoms with E-state index in [9.17, 15) is 30.0 Å². The van der Waals surface area contributed by atoms with Gasteiger partial charge in [0.2, 0.25) is 5.91 Å². The molecular weight excluding hydrogens is 507 g/mol. The van der Waals surface area contributed by atoms with Gasteiger partial charge in [-0.15, -0.1) is 0 Å². The fourth-order valence-electron chi connectivity index (χ4n) is 4.12. The van der Waals surface area contributed by atoms with E-state index < -0.39 is 68.5 Å². The quantitative estimate of drug-likeness (QED) is 0.124. The summed E-state index contributed by atoms with van der Waals surface area (Å²) >= 11 is 0. The number of rotatable bonds is 15. The number of amides is 2. The topological polar surface area (TPSA) is 182 Å². The van der Waals surface area contributed by atoms with E-state index in [-0.39, 0.29) is 18.1 Å². The number of carbonyl (C=O) groups is 2. The van der Waals surface area contributed by atoms with E-state index in [4.69, 9.17) is 9.31 Å². The molecule has 214 valence electrons. The van der Waals surface area contributed by atoms with Crippen LogP contribution in [0.4, 0.5) is 0 Å². The first-order valence-corrected chi connectivity index (χ1v) is 12.8. The number of aliphatic hydroxyl groups excluding tert-OH is 4. The summed E-state index contributed by atoms with van der Waals surface area (Å²) in [4.78, 5) is 33.9. The SMILES string of the molecule is C=N/C=C\N=C(C)C(=O)N[C@@H](Cc1ccccc1)C(=O)N[C@@H](CC(C)C)B1OC(C(O)CO)C(C(O)CO)O1. The molecule has 1 heterocycles. The van der Waals surface area contributed by atoms with Crippen molar-refractivity contribution in [1.82, 2.24) is 10.6 Å². The molecule has 6 atom stereocenters. The molecule has 39 heavy (non-hydrogen) atoms. The van der Waals surface area contributed by atoms with Crippen molar-refractivity contribution in [1.29, 1.82) is 0 Å². The fraction of sp³-hybridized carbons (Fsp3) is 0.538. The molecule has 1 fully saturated rings. The molecule has 0 aromatic heterocycles. The monoisotopic (exact) mass is 546 g/mol. The van der Waals surface area contributed by atoms with Crippen LogP contribution in [0.2, 0.25) is 0 Å². The highest BCUT2D eigenvalue weighted by Crippen LogP contribution is 2.26. The van der Waals surface area contributed by atoms with Gasteiger partial charge in [0.15, 0.2) is 0 Å². The van der Waals surface area contributed by atoms with Gasteiger partial charge in [-0.2, -0.15) is 0 Å². The molecule has 1 saturated heterocycles. The second kappa shape index (κ2) is 16.2. The van der Waals surface area contributed by atoms with Gasteiger partial charge in [0, 0.05) is 18.8 Å². The molecule has 1 aromatic rings. The van der Waals surface area contributed by atoms with Crippen LogP contribution in [0.3, 0.4) is 0 Å². The molecule has 1 aromatic carbocycles. The molecule has 2 rings (SSSR count). The van der Waals surface area contributed by atoms with E-state index in [0.29, 0.717) is 6.42 Å². The Morgan fingerprint density at radius 2 is 1.64 bits per heavy atom. The molecule has 2 amide bonds. The Morgan fingerprint density at radius 3 is 2.15 bits per heavy atom. The molecule has 0 bridgehead atoms. The first-order chi connectivity index (χ1) is 18.6. The van der Waals surface area contributed by atoms with Gasteiger partial charge >= 0.3 is 7.12 Å². The lowest BCUT2D eigenvalue weighted by Gasteiger charge is -2.26. The second-order valence-corrected chi connectivity index (χ2v) is 9.73. The van der Waals surface area contributed by atoms with Gasteiger partial charge in [0.1, 0.15) is 24.0 Å². The minimum absolute atomic E-state index is 0.0762. The highest BCUT2D eigenvalue weighted by atomic mass is 16.7. The fourth-order valence-corrected chi connectivity index (χ4v) is 4.12. The largest absolute Gasteiger partial charge is 0.481 e. The van der Waals surface area contributed by atoms with Gasteiger partial charge in [-0.3, -0.25) is 19.6 Å². The Kier molecular flexibility index (Phi) is 13.4. The van der Waals surface area contributed by atoms with Crippen molar-refractivity contribution in [2.75, 3.05) is 13.2 Å². The van der Waals surface area contributed by atoms with E-state index in [1.807, 2.05) is 44.2 Å². The molecule has 0 saturated carbocycles. The lowest BCUT2D eigenvalue weighted by atomic mass is 9.74. The van der Waals surface area contributed by atoms with Crippen LogP contribution >= 0.6 is 0 Å². The number of aliphatic imine (C=N–C) groups is 2. The van der Waals surface area contributed by atoms with Gasteiger partial charge < -0.3 is 40.4 Å². The zero-order chi connectivity index (χ0) is 28.9. The van der Waals surface area contributed by atoms with Crippen LogP contribution in [0.1, 0.15) is 32.8 Å². The smallest absolute Gasteiger partial charge is 0.401 e. The van der Waals surface area contributed by atoms with Crippen molar-refractivity contribution in [2.45, 2.75) is 70.0 Å². The normalized spacial score (nSPS) is 21.0. The third-order valence-electron chi connectivity index (χ3n) is 6.09. The van der Waals surface area contributed by atoms with Crippen LogP contribution in [0.5, 0.6) is 0 Å². The zero-order valence-corrected chi connectivity index (χ0v) is 22.5. The second-order valence-electron chi connectivity index (χ2n) is 9.73. The maximum Gasteiger partial charge on any atom is 0.481 e. The Morgan fingerprint density at radius 1 is 1.05 bits per heavy atom. The molecule has 6 N–H and O–H groups in total. The Hall–Kier alpha value is -2.94. The van der Waals surface area contributed by atoms with Gasteiger partial charge in [0.05, 0.1) is 31.4 Å². The lowest BCUT2D eigenvalue weighted by Crippen LogP contribution is -2.56. The Balaban J connectivity index is 2.29. The van der Waals surface area contributed by atoms with Crippen LogP contribution in [0.25, 0.3) is 0 Å². The molecule has 0 aliphatic carbocycles. The number of carbonyl (C=O) groups excluding carboxylic acids is 2. The summed E-state index contributed by atoms with van der Waals surface area (Å²) in [5.41, 5.74) is 0.929. The number of hydrogen-bond donors (Lipinski definition) is 6. The highest BCUT2D eigenvalue weighted by Gasteiger charge is 2.50. The maximum absolute atomic E-state index is 13.6. The first kappa shape index (κ1) is 32.3. The average Bonchev–Trinajstić information content (AvgIpc) is 3.37. The van der Waals surface area contributed by atoms with Crippen LogP contribution in [-0.4, -0.2) is 101 Å². The minimum atomic E-state index is -1.38. The Labute approximate surface area is 229 Å². The molecule has 4 unspecified atom stereocenters. The van der Waals surface area contributed by atoms with Crippen LogP contribution in [-0.2, 0) is 25.3 Å². The van der Waals surface area contributed by atoms with Crippen LogP contribution in [0.15, 0.2) is 52.7 Å². The summed E-state index contributed by atoms with van der Waals surface area (Å²) < 4.78 is 11.7. The van der Waals surface area contributed by atoms with E-state index in [1.54, 1.807) is 0 Å². The van der Waals surface area contributed by atoms with Crippen molar-refractivity contribution in [2.24, 2.45) is 15.9 Å². The molecule has 0 radical (unpaired) electrons. The van der Waals surface area contributed by atoms with Crippen molar-refractivity contribution < 1.29 is 39.3 Å². The summed E-state index contributed by atoms with van der Waals surface area (Å²) in [5, 5.41) is 44.9. The Bertz CT molecular complexity index is 975. The summed E-state index contributed by atoms with van der Waals surface area (Å²) in [6.45, 7) is 7.37. The van der Waals surface area contributed by atoms with Gasteiger partial charge in [-0.1, -0.05) is 44.2 Å². The van der Waals surface area contributed by atoms with Crippen molar-refractivity contribution >= 4 is 31.4 Å². The van der Waals surface area contributed by atoms with Crippen LogP contribution in [0, 0.1) is 5.92 Å².